The maximum atomic E-state index is 13.3. The Balaban J connectivity index is 1.61. The van der Waals surface area contributed by atoms with Gasteiger partial charge in [-0.25, -0.2) is 9.71 Å². The molecule has 1 atom stereocenters. The number of methoxy groups -OCH3 is 1. The Morgan fingerprint density at radius 3 is 2.38 bits per heavy atom. The third-order valence-corrected chi connectivity index (χ3v) is 6.98. The van der Waals surface area contributed by atoms with Crippen LogP contribution < -0.4 is 9.46 Å². The van der Waals surface area contributed by atoms with Gasteiger partial charge in [0.15, 0.2) is 4.90 Å². The number of amides is 2. The molecular formula is C25H24ClN3O4S. The Morgan fingerprint density at radius 2 is 1.74 bits per heavy atom. The highest BCUT2D eigenvalue weighted by Crippen LogP contribution is 2.36. The minimum absolute atomic E-state index is 0.0261. The predicted molar refractivity (Wildman–Crippen MR) is 132 cm³/mol. The summed E-state index contributed by atoms with van der Waals surface area (Å²) in [6.07, 6.45) is 1.54. The molecule has 1 unspecified atom stereocenters. The molecule has 1 N–H and O–H groups in total. The van der Waals surface area contributed by atoms with Crippen LogP contribution in [0.4, 0.5) is 5.69 Å². The summed E-state index contributed by atoms with van der Waals surface area (Å²) in [6, 6.07) is 13.9. The molecule has 2 aromatic carbocycles. The standard InChI is InChI=1S/C25H24ClN3O4S/c1-25(2,3)16-5-7-17(8-6-16)34(32)28-19-10-9-18(26)21-22(19)24(31)29(23(21)30)14-15-11-12-27-20(13-15)33-4/h5-13,28H,14H2,1-4H3. The van der Waals surface area contributed by atoms with Gasteiger partial charge in [-0.3, -0.25) is 14.5 Å². The quantitative estimate of drug-likeness (QED) is 0.381. The fourth-order valence-corrected chi connectivity index (χ4v) is 4.79. The zero-order valence-electron chi connectivity index (χ0n) is 19.2. The van der Waals surface area contributed by atoms with E-state index in [1.54, 1.807) is 36.5 Å². The molecule has 34 heavy (non-hydrogen) atoms. The van der Waals surface area contributed by atoms with Crippen LogP contribution >= 0.6 is 11.6 Å². The highest BCUT2D eigenvalue weighted by molar-refractivity contribution is 7.92. The second-order valence-electron chi connectivity index (χ2n) is 8.89. The number of pyridine rings is 1. The maximum absolute atomic E-state index is 13.3. The van der Waals surface area contributed by atoms with Crippen molar-refractivity contribution in [1.29, 1.82) is 0 Å². The van der Waals surface area contributed by atoms with Gasteiger partial charge in [-0.1, -0.05) is 44.5 Å². The van der Waals surface area contributed by atoms with Crippen LogP contribution in [0.5, 0.6) is 5.88 Å². The first-order valence-corrected chi connectivity index (χ1v) is 12.1. The summed E-state index contributed by atoms with van der Waals surface area (Å²) >= 11 is 4.65. The van der Waals surface area contributed by atoms with Crippen LogP contribution in [0.3, 0.4) is 0 Å². The van der Waals surface area contributed by atoms with E-state index in [1.165, 1.54) is 13.2 Å². The lowest BCUT2D eigenvalue weighted by Crippen LogP contribution is -2.29. The summed E-state index contributed by atoms with van der Waals surface area (Å²) in [7, 11) is 1.49. The highest BCUT2D eigenvalue weighted by Gasteiger charge is 2.40. The first-order chi connectivity index (χ1) is 16.1. The monoisotopic (exact) mass is 497 g/mol. The van der Waals surface area contributed by atoms with E-state index in [9.17, 15) is 14.1 Å². The summed E-state index contributed by atoms with van der Waals surface area (Å²) in [5.74, 6) is -0.645. The number of hydrogen-bond acceptors (Lipinski definition) is 6. The smallest absolute Gasteiger partial charge is 0.264 e. The molecule has 0 radical (unpaired) electrons. The van der Waals surface area contributed by atoms with Gasteiger partial charge in [-0.15, -0.1) is 0 Å². The lowest BCUT2D eigenvalue weighted by molar-refractivity contribution is 0.0642. The second-order valence-corrected chi connectivity index (χ2v) is 10.5. The molecular weight excluding hydrogens is 474 g/mol. The van der Waals surface area contributed by atoms with Crippen LogP contribution in [0.1, 0.15) is 52.6 Å². The molecule has 2 heterocycles. The maximum Gasteiger partial charge on any atom is 0.264 e. The third kappa shape index (κ3) is 4.61. The van der Waals surface area contributed by atoms with Crippen molar-refractivity contribution in [3.8, 4) is 5.88 Å². The van der Waals surface area contributed by atoms with E-state index in [0.717, 1.165) is 10.5 Å². The zero-order chi connectivity index (χ0) is 24.6. The van der Waals surface area contributed by atoms with Gasteiger partial charge in [0.1, 0.15) is 11.4 Å². The topological polar surface area (TPSA) is 94.6 Å². The number of aromatic nitrogens is 1. The summed E-state index contributed by atoms with van der Waals surface area (Å²) < 4.78 is 21.0. The number of carbonyl (C=O) groups is 2. The molecule has 0 fully saturated rings. The molecule has 1 aliphatic heterocycles. The lowest BCUT2D eigenvalue weighted by atomic mass is 9.87. The van der Waals surface area contributed by atoms with Gasteiger partial charge >= 0.3 is 0 Å². The Hall–Kier alpha value is -3.07. The first kappa shape index (κ1) is 24.1. The Morgan fingerprint density at radius 1 is 1.06 bits per heavy atom. The van der Waals surface area contributed by atoms with E-state index in [0.29, 0.717) is 16.3 Å². The number of nitrogens with zero attached hydrogens (tertiary/aromatic N) is 2. The zero-order valence-corrected chi connectivity index (χ0v) is 20.8. The van der Waals surface area contributed by atoms with Gasteiger partial charge in [0.05, 0.1) is 35.5 Å². The number of benzene rings is 2. The number of hydrogen-bond donors (Lipinski definition) is 1. The number of anilines is 1. The molecule has 0 aliphatic carbocycles. The van der Waals surface area contributed by atoms with E-state index in [1.807, 2.05) is 12.1 Å². The number of halogens is 1. The summed E-state index contributed by atoms with van der Waals surface area (Å²) in [4.78, 5) is 32.1. The van der Waals surface area contributed by atoms with Crippen molar-refractivity contribution >= 4 is 40.5 Å². The van der Waals surface area contributed by atoms with Gasteiger partial charge in [0.25, 0.3) is 11.8 Å². The minimum Gasteiger partial charge on any atom is -0.588 e. The molecule has 0 saturated carbocycles. The van der Waals surface area contributed by atoms with Crippen molar-refractivity contribution in [2.75, 3.05) is 11.8 Å². The fraction of sp³-hybridized carbons (Fsp3) is 0.240. The molecule has 0 saturated heterocycles. The lowest BCUT2D eigenvalue weighted by Gasteiger charge is -2.19. The number of ether oxygens (including phenoxy) is 1. The number of imide groups is 1. The van der Waals surface area contributed by atoms with E-state index >= 15 is 0 Å². The van der Waals surface area contributed by atoms with Crippen LogP contribution in [0.15, 0.2) is 59.6 Å². The number of rotatable bonds is 6. The third-order valence-electron chi connectivity index (χ3n) is 5.56. The van der Waals surface area contributed by atoms with Crippen molar-refractivity contribution < 1.29 is 18.9 Å². The van der Waals surface area contributed by atoms with Crippen molar-refractivity contribution in [1.82, 2.24) is 9.88 Å². The molecule has 4 rings (SSSR count). The average Bonchev–Trinajstić information content (AvgIpc) is 3.06. The van der Waals surface area contributed by atoms with E-state index in [4.69, 9.17) is 16.3 Å². The summed E-state index contributed by atoms with van der Waals surface area (Å²) in [5, 5.41) is 0.161. The molecule has 1 aromatic heterocycles. The van der Waals surface area contributed by atoms with E-state index in [-0.39, 0.29) is 33.8 Å². The van der Waals surface area contributed by atoms with E-state index in [2.05, 4.69) is 30.5 Å². The number of nitrogens with one attached hydrogen (secondary N) is 1. The van der Waals surface area contributed by atoms with Gasteiger partial charge < -0.3 is 9.29 Å². The van der Waals surface area contributed by atoms with Crippen LogP contribution in [0, 0.1) is 0 Å². The number of carbonyl (C=O) groups excluding carboxylic acids is 2. The predicted octanol–water partition coefficient (Wildman–Crippen LogP) is 4.97. The molecule has 0 spiro atoms. The van der Waals surface area contributed by atoms with Crippen molar-refractivity contribution in [2.24, 2.45) is 0 Å². The fourth-order valence-electron chi connectivity index (χ4n) is 3.68. The van der Waals surface area contributed by atoms with Crippen LogP contribution in [-0.4, -0.2) is 33.4 Å². The van der Waals surface area contributed by atoms with Crippen LogP contribution in [-0.2, 0) is 23.3 Å². The summed E-state index contributed by atoms with van der Waals surface area (Å²) in [6.45, 7) is 6.33. The Kier molecular flexibility index (Phi) is 6.58. The molecule has 176 valence electrons. The Labute approximate surface area is 206 Å². The van der Waals surface area contributed by atoms with E-state index < -0.39 is 23.2 Å². The normalized spacial score (nSPS) is 14.2. The molecule has 1 aliphatic rings. The van der Waals surface area contributed by atoms with Gasteiger partial charge in [-0.2, -0.15) is 0 Å². The molecule has 0 bridgehead atoms. The number of fused-ring (bicyclic) bond motifs is 1. The second kappa shape index (κ2) is 9.29. The highest BCUT2D eigenvalue weighted by atomic mass is 35.5. The average molecular weight is 498 g/mol. The summed E-state index contributed by atoms with van der Waals surface area (Å²) in [5.41, 5.74) is 2.25. The van der Waals surface area contributed by atoms with Gasteiger partial charge in [-0.05, 0) is 46.9 Å². The molecule has 9 heteroatoms. The largest absolute Gasteiger partial charge is 0.588 e. The van der Waals surface area contributed by atoms with Gasteiger partial charge in [0, 0.05) is 12.3 Å². The molecule has 3 aromatic rings. The van der Waals surface area contributed by atoms with Crippen LogP contribution in [0.2, 0.25) is 5.02 Å². The Bertz CT molecular complexity index is 1260. The minimum atomic E-state index is -1.65. The van der Waals surface area contributed by atoms with Crippen molar-refractivity contribution in [2.45, 2.75) is 37.6 Å². The van der Waals surface area contributed by atoms with Gasteiger partial charge in [0.2, 0.25) is 5.88 Å². The SMILES string of the molecule is COc1cc(CN2C(=O)c3c(Cl)ccc(N[S+]([O-])c4ccc(C(C)(C)C)cc4)c3C2=O)ccn1. The van der Waals surface area contributed by atoms with Crippen molar-refractivity contribution in [3.63, 3.8) is 0 Å². The first-order valence-electron chi connectivity index (χ1n) is 10.6. The molecule has 7 nitrogen and oxygen atoms in total. The molecule has 2 amide bonds. The van der Waals surface area contributed by atoms with Crippen LogP contribution in [0.25, 0.3) is 0 Å². The van der Waals surface area contributed by atoms with Crippen molar-refractivity contribution in [3.05, 3.63) is 82.0 Å².